The molecular weight excluding hydrogens is 322 g/mol. The Bertz CT molecular complexity index is 731. The van der Waals surface area contributed by atoms with E-state index >= 15 is 0 Å². The second kappa shape index (κ2) is 8.22. The van der Waals surface area contributed by atoms with Crippen LogP contribution in [0.1, 0.15) is 29.2 Å². The van der Waals surface area contributed by atoms with Crippen LogP contribution < -0.4 is 9.80 Å². The molecule has 0 spiro atoms. The predicted octanol–water partition coefficient (Wildman–Crippen LogP) is 5.12. The van der Waals surface area contributed by atoms with Crippen LogP contribution in [0.4, 0.5) is 10.5 Å². The summed E-state index contributed by atoms with van der Waals surface area (Å²) in [5.41, 5.74) is 4.55. The van der Waals surface area contributed by atoms with Gasteiger partial charge in [-0.05, 0) is 55.3 Å². The van der Waals surface area contributed by atoms with Gasteiger partial charge in [0.1, 0.15) is 12.4 Å². The van der Waals surface area contributed by atoms with Gasteiger partial charge < -0.3 is 4.74 Å². The Morgan fingerprint density at radius 1 is 1.21 bits per heavy atom. The van der Waals surface area contributed by atoms with Crippen LogP contribution in [0.3, 0.4) is 0 Å². The van der Waals surface area contributed by atoms with Crippen molar-refractivity contribution in [3.05, 3.63) is 58.7 Å². The van der Waals surface area contributed by atoms with E-state index in [1.165, 1.54) is 5.56 Å². The van der Waals surface area contributed by atoms with Crippen LogP contribution in [0, 0.1) is 13.8 Å². The van der Waals surface area contributed by atoms with E-state index in [4.69, 9.17) is 4.74 Å². The van der Waals surface area contributed by atoms with Crippen molar-refractivity contribution in [2.24, 2.45) is 0 Å². The van der Waals surface area contributed by atoms with Gasteiger partial charge >= 0.3 is 5.24 Å². The van der Waals surface area contributed by atoms with Gasteiger partial charge in [-0.3, -0.25) is 10.0 Å². The smallest absolute Gasteiger partial charge is 0.309 e. The molecule has 4 nitrogen and oxygen atoms in total. The van der Waals surface area contributed by atoms with Crippen molar-refractivity contribution in [2.75, 3.05) is 11.3 Å². The lowest BCUT2D eigenvalue weighted by molar-refractivity contribution is 0.223. The number of carbonyl (C=O) groups excluding carboxylic acids is 1. The predicted molar refractivity (Wildman–Crippen MR) is 99.2 cm³/mol. The molecule has 0 heterocycles. The molecule has 2 aromatic carbocycles. The van der Waals surface area contributed by atoms with Gasteiger partial charge in [-0.25, -0.2) is 0 Å². The summed E-state index contributed by atoms with van der Waals surface area (Å²) in [7, 11) is 0. The van der Waals surface area contributed by atoms with Crippen LogP contribution in [-0.4, -0.2) is 16.7 Å². The minimum absolute atomic E-state index is 0.285. The van der Waals surface area contributed by atoms with Crippen LogP contribution in [0.15, 0.2) is 36.4 Å². The fourth-order valence-corrected chi connectivity index (χ4v) is 2.77. The molecule has 2 rings (SSSR count). The summed E-state index contributed by atoms with van der Waals surface area (Å²) in [6, 6.07) is 11.6. The number of rotatable bonds is 5. The maximum atomic E-state index is 11.8. The lowest BCUT2D eigenvalue weighted by Crippen LogP contribution is -2.24. The summed E-state index contributed by atoms with van der Waals surface area (Å²) in [4.78, 5) is 11.8. The molecule has 0 saturated carbocycles. The fraction of sp³-hybridized carbons (Fsp3) is 0.316. The van der Waals surface area contributed by atoms with E-state index < -0.39 is 5.24 Å². The molecule has 0 aromatic heterocycles. The van der Waals surface area contributed by atoms with Crippen LogP contribution >= 0.6 is 11.8 Å². The number of carbonyl (C=O) groups is 1. The van der Waals surface area contributed by atoms with Gasteiger partial charge in [-0.1, -0.05) is 43.0 Å². The maximum absolute atomic E-state index is 11.8. The highest BCUT2D eigenvalue weighted by Gasteiger charge is 2.17. The number of ether oxygens (including phenoxy) is 1. The van der Waals surface area contributed by atoms with Crippen LogP contribution in [-0.2, 0) is 13.0 Å². The van der Waals surface area contributed by atoms with Gasteiger partial charge in [0.05, 0.1) is 5.69 Å². The zero-order valence-electron chi connectivity index (χ0n) is 14.5. The molecule has 2 aromatic rings. The second-order valence-corrected chi connectivity index (χ2v) is 6.35. The average Bonchev–Trinajstić information content (AvgIpc) is 2.59. The van der Waals surface area contributed by atoms with Crippen molar-refractivity contribution < 1.29 is 14.7 Å². The van der Waals surface area contributed by atoms with Gasteiger partial charge in [0.15, 0.2) is 0 Å². The molecule has 0 bridgehead atoms. The topological polar surface area (TPSA) is 49.8 Å². The first kappa shape index (κ1) is 18.4. The Labute approximate surface area is 147 Å². The lowest BCUT2D eigenvalue weighted by Gasteiger charge is -2.20. The Morgan fingerprint density at radius 3 is 2.58 bits per heavy atom. The van der Waals surface area contributed by atoms with E-state index in [1.54, 1.807) is 12.3 Å². The maximum Gasteiger partial charge on any atom is 0.309 e. The standard InChI is InChI=1S/C19H23NO3S/c1-5-15-9-10-18(14(3)11-15)23-12-16-13(2)7-6-8-17(16)20(22)19(21)24-4/h6-11,22H,5,12H2,1-4H3. The van der Waals surface area contributed by atoms with E-state index in [2.05, 4.69) is 19.1 Å². The van der Waals surface area contributed by atoms with Crippen molar-refractivity contribution in [3.63, 3.8) is 0 Å². The lowest BCUT2D eigenvalue weighted by atomic mass is 10.1. The highest BCUT2D eigenvalue weighted by molar-refractivity contribution is 8.13. The van der Waals surface area contributed by atoms with Crippen LogP contribution in [0.25, 0.3) is 0 Å². The summed E-state index contributed by atoms with van der Waals surface area (Å²) in [5.74, 6) is 0.807. The minimum atomic E-state index is -0.426. The first-order chi connectivity index (χ1) is 11.5. The molecule has 0 unspecified atom stereocenters. The Kier molecular flexibility index (Phi) is 6.29. The Hall–Kier alpha value is -1.98. The molecule has 0 fully saturated rings. The van der Waals surface area contributed by atoms with Crippen LogP contribution in [0.5, 0.6) is 5.75 Å². The van der Waals surface area contributed by atoms with Gasteiger partial charge in [-0.15, -0.1) is 0 Å². The number of benzene rings is 2. The minimum Gasteiger partial charge on any atom is -0.489 e. The monoisotopic (exact) mass is 345 g/mol. The van der Waals surface area contributed by atoms with E-state index in [0.717, 1.165) is 40.6 Å². The third kappa shape index (κ3) is 4.10. The largest absolute Gasteiger partial charge is 0.489 e. The van der Waals surface area contributed by atoms with Crippen molar-refractivity contribution in [3.8, 4) is 5.75 Å². The van der Waals surface area contributed by atoms with Crippen molar-refractivity contribution >= 4 is 22.7 Å². The molecule has 24 heavy (non-hydrogen) atoms. The molecule has 0 saturated heterocycles. The van der Waals surface area contributed by atoms with E-state index in [1.807, 2.05) is 32.0 Å². The number of aryl methyl sites for hydroxylation is 3. The number of nitrogens with zero attached hydrogens (tertiary/aromatic N) is 1. The first-order valence-electron chi connectivity index (χ1n) is 7.85. The SMILES string of the molecule is CCc1ccc(OCc2c(C)cccc2N(O)C(=O)SC)c(C)c1. The first-order valence-corrected chi connectivity index (χ1v) is 9.08. The van der Waals surface area contributed by atoms with Gasteiger partial charge in [-0.2, -0.15) is 5.06 Å². The van der Waals surface area contributed by atoms with Gasteiger partial charge in [0.25, 0.3) is 0 Å². The third-order valence-corrected chi connectivity index (χ3v) is 4.50. The molecule has 5 heteroatoms. The third-order valence-electron chi connectivity index (χ3n) is 3.98. The Morgan fingerprint density at radius 2 is 1.96 bits per heavy atom. The molecule has 0 atom stereocenters. The summed E-state index contributed by atoms with van der Waals surface area (Å²) >= 11 is 0.959. The molecule has 0 aliphatic heterocycles. The molecular formula is C19H23NO3S. The van der Waals surface area contributed by atoms with E-state index in [0.29, 0.717) is 10.8 Å². The summed E-state index contributed by atoms with van der Waals surface area (Å²) in [6.07, 6.45) is 2.62. The average molecular weight is 345 g/mol. The summed E-state index contributed by atoms with van der Waals surface area (Å²) in [6.45, 7) is 6.36. The number of hydrogen-bond donors (Lipinski definition) is 1. The van der Waals surface area contributed by atoms with E-state index in [9.17, 15) is 10.0 Å². The number of hydrogen-bond acceptors (Lipinski definition) is 4. The highest BCUT2D eigenvalue weighted by Crippen LogP contribution is 2.27. The molecule has 128 valence electrons. The molecule has 0 aliphatic carbocycles. The molecule has 0 aliphatic rings. The summed E-state index contributed by atoms with van der Waals surface area (Å²) < 4.78 is 5.95. The van der Waals surface area contributed by atoms with E-state index in [-0.39, 0.29) is 6.61 Å². The number of amides is 1. The Balaban J connectivity index is 2.25. The van der Waals surface area contributed by atoms with Crippen molar-refractivity contribution in [2.45, 2.75) is 33.8 Å². The fourth-order valence-electron chi connectivity index (χ4n) is 2.50. The number of anilines is 1. The molecule has 1 N–H and O–H groups in total. The van der Waals surface area contributed by atoms with Crippen molar-refractivity contribution in [1.29, 1.82) is 0 Å². The molecule has 0 radical (unpaired) electrons. The second-order valence-electron chi connectivity index (χ2n) is 5.60. The normalized spacial score (nSPS) is 10.5. The number of hydroxylamine groups is 1. The zero-order chi connectivity index (χ0) is 17.7. The summed E-state index contributed by atoms with van der Waals surface area (Å²) in [5, 5.41) is 10.4. The quantitative estimate of drug-likeness (QED) is 0.603. The van der Waals surface area contributed by atoms with Gasteiger partial charge in [0, 0.05) is 5.56 Å². The zero-order valence-corrected chi connectivity index (χ0v) is 15.3. The van der Waals surface area contributed by atoms with Crippen LogP contribution in [0.2, 0.25) is 0 Å². The van der Waals surface area contributed by atoms with Crippen molar-refractivity contribution in [1.82, 2.24) is 0 Å². The van der Waals surface area contributed by atoms with Gasteiger partial charge in [0.2, 0.25) is 0 Å². The molecule has 1 amide bonds. The number of thioether (sulfide) groups is 1. The highest BCUT2D eigenvalue weighted by atomic mass is 32.2.